The van der Waals surface area contributed by atoms with E-state index in [2.05, 4.69) is 15.4 Å². The average Bonchev–Trinajstić information content (AvgIpc) is 2.56. The summed E-state index contributed by atoms with van der Waals surface area (Å²) in [7, 11) is -4.16. The molecule has 3 rings (SSSR count). The Bertz CT molecular complexity index is 939. The maximum absolute atomic E-state index is 12.8. The number of sulfonamides is 1. The predicted octanol–water partition coefficient (Wildman–Crippen LogP) is 1.63. The Morgan fingerprint density at radius 3 is 2.56 bits per heavy atom. The highest BCUT2D eigenvalue weighted by Crippen LogP contribution is 2.33. The molecule has 0 aromatic heterocycles. The minimum atomic E-state index is -4.16. The number of aliphatic hydroxyl groups is 1. The van der Waals surface area contributed by atoms with E-state index in [1.807, 2.05) is 6.07 Å². The fraction of sp³-hybridized carbons (Fsp3) is 0.235. The van der Waals surface area contributed by atoms with Crippen LogP contribution in [-0.2, 0) is 14.8 Å². The number of hydrogen-bond donors (Lipinski definition) is 4. The number of para-hydroxylation sites is 1. The normalized spacial score (nSPS) is 22.8. The molecule has 1 amide bonds. The molecule has 0 radical (unpaired) electrons. The van der Waals surface area contributed by atoms with Crippen molar-refractivity contribution in [2.24, 2.45) is 0 Å². The van der Waals surface area contributed by atoms with Gasteiger partial charge in [0.05, 0.1) is 5.69 Å². The van der Waals surface area contributed by atoms with E-state index in [-0.39, 0.29) is 11.4 Å². The number of amides is 1. The summed E-state index contributed by atoms with van der Waals surface area (Å²) in [5.74, 6) is -0.0753. The summed E-state index contributed by atoms with van der Waals surface area (Å²) in [6.45, 7) is 1.49. The molecule has 2 aromatic carbocycles. The van der Waals surface area contributed by atoms with Crippen molar-refractivity contribution in [2.75, 3.05) is 4.72 Å². The van der Waals surface area contributed by atoms with Crippen LogP contribution in [0.25, 0.3) is 0 Å². The standard InChI is InChI=1S/C17H18ClN3O5S/c1-10-15(16(22)20-17(23)19-10)27(24,25)21-13-9-11(18)7-8-14(13)26-12-5-3-2-4-6-12/h2-10,15,17,19,21,23H,1H3,(H,20,22). The van der Waals surface area contributed by atoms with Crippen molar-refractivity contribution in [3.05, 3.63) is 53.6 Å². The molecule has 10 heteroatoms. The predicted molar refractivity (Wildman–Crippen MR) is 101 cm³/mol. The van der Waals surface area contributed by atoms with Gasteiger partial charge in [0, 0.05) is 11.1 Å². The molecule has 1 fully saturated rings. The topological polar surface area (TPSA) is 117 Å². The maximum atomic E-state index is 12.8. The van der Waals surface area contributed by atoms with Gasteiger partial charge >= 0.3 is 0 Å². The van der Waals surface area contributed by atoms with Gasteiger partial charge in [-0.2, -0.15) is 0 Å². The first-order valence-corrected chi connectivity index (χ1v) is 9.97. The second-order valence-corrected chi connectivity index (χ2v) is 8.23. The number of anilines is 1. The fourth-order valence-corrected chi connectivity index (χ4v) is 4.47. The van der Waals surface area contributed by atoms with Crippen LogP contribution in [0.1, 0.15) is 6.92 Å². The molecular weight excluding hydrogens is 394 g/mol. The highest BCUT2D eigenvalue weighted by atomic mass is 35.5. The van der Waals surface area contributed by atoms with Gasteiger partial charge in [0.2, 0.25) is 15.9 Å². The van der Waals surface area contributed by atoms with Crippen LogP contribution in [0, 0.1) is 0 Å². The molecule has 8 nitrogen and oxygen atoms in total. The second kappa shape index (κ2) is 7.73. The SMILES string of the molecule is CC1NC(O)NC(=O)C1S(=O)(=O)Nc1cc(Cl)ccc1Oc1ccccc1. The largest absolute Gasteiger partial charge is 0.455 e. The second-order valence-electron chi connectivity index (χ2n) is 5.99. The van der Waals surface area contributed by atoms with Crippen molar-refractivity contribution in [1.82, 2.24) is 10.6 Å². The van der Waals surface area contributed by atoms with E-state index in [0.29, 0.717) is 10.8 Å². The van der Waals surface area contributed by atoms with Crippen molar-refractivity contribution < 1.29 is 23.1 Å². The van der Waals surface area contributed by atoms with E-state index in [1.165, 1.54) is 19.1 Å². The van der Waals surface area contributed by atoms with E-state index < -0.39 is 33.6 Å². The first-order valence-electron chi connectivity index (χ1n) is 8.05. The zero-order valence-electron chi connectivity index (χ0n) is 14.2. The lowest BCUT2D eigenvalue weighted by atomic mass is 10.2. The van der Waals surface area contributed by atoms with Crippen LogP contribution in [-0.4, -0.2) is 37.1 Å². The first-order chi connectivity index (χ1) is 12.8. The Morgan fingerprint density at radius 1 is 1.19 bits per heavy atom. The van der Waals surface area contributed by atoms with Crippen molar-refractivity contribution in [1.29, 1.82) is 0 Å². The molecule has 0 bridgehead atoms. The van der Waals surface area contributed by atoms with Gasteiger partial charge in [0.1, 0.15) is 5.75 Å². The lowest BCUT2D eigenvalue weighted by Crippen LogP contribution is -2.65. The van der Waals surface area contributed by atoms with Crippen molar-refractivity contribution in [3.8, 4) is 11.5 Å². The summed E-state index contributed by atoms with van der Waals surface area (Å²) in [5, 5.41) is 13.0. The van der Waals surface area contributed by atoms with Crippen LogP contribution < -0.4 is 20.1 Å². The molecule has 1 aliphatic rings. The molecule has 27 heavy (non-hydrogen) atoms. The Hall–Kier alpha value is -2.33. The molecule has 1 heterocycles. The lowest BCUT2D eigenvalue weighted by molar-refractivity contribution is -0.127. The Kier molecular flexibility index (Phi) is 5.56. The van der Waals surface area contributed by atoms with E-state index in [1.54, 1.807) is 30.3 Å². The van der Waals surface area contributed by atoms with Crippen molar-refractivity contribution >= 4 is 33.2 Å². The molecule has 0 spiro atoms. The number of aliphatic hydroxyl groups excluding tert-OH is 1. The third-order valence-corrected chi connectivity index (χ3v) is 5.94. The van der Waals surface area contributed by atoms with E-state index >= 15 is 0 Å². The van der Waals surface area contributed by atoms with Crippen LogP contribution in [0.2, 0.25) is 5.02 Å². The summed E-state index contributed by atoms with van der Waals surface area (Å²) in [4.78, 5) is 12.1. The van der Waals surface area contributed by atoms with Crippen LogP contribution >= 0.6 is 11.6 Å². The number of rotatable bonds is 5. The van der Waals surface area contributed by atoms with Crippen LogP contribution in [0.4, 0.5) is 5.69 Å². The van der Waals surface area contributed by atoms with Crippen LogP contribution in [0.3, 0.4) is 0 Å². The van der Waals surface area contributed by atoms with Gasteiger partial charge < -0.3 is 15.2 Å². The first kappa shape index (κ1) is 19.4. The third-order valence-electron chi connectivity index (χ3n) is 3.91. The smallest absolute Gasteiger partial charge is 0.246 e. The van der Waals surface area contributed by atoms with E-state index in [0.717, 1.165) is 0 Å². The number of benzene rings is 2. The third kappa shape index (κ3) is 4.51. The van der Waals surface area contributed by atoms with Crippen molar-refractivity contribution in [2.45, 2.75) is 24.6 Å². The molecule has 2 aromatic rings. The Morgan fingerprint density at radius 2 is 1.89 bits per heavy atom. The minimum Gasteiger partial charge on any atom is -0.455 e. The Labute approximate surface area is 161 Å². The van der Waals surface area contributed by atoms with Crippen LogP contribution in [0.15, 0.2) is 48.5 Å². The average molecular weight is 412 g/mol. The van der Waals surface area contributed by atoms with Gasteiger partial charge in [-0.3, -0.25) is 14.8 Å². The number of carbonyl (C=O) groups is 1. The van der Waals surface area contributed by atoms with Gasteiger partial charge in [0.25, 0.3) is 0 Å². The van der Waals surface area contributed by atoms with Gasteiger partial charge in [0.15, 0.2) is 17.4 Å². The van der Waals surface area contributed by atoms with Gasteiger partial charge in [-0.15, -0.1) is 0 Å². The number of carbonyl (C=O) groups excluding carboxylic acids is 1. The zero-order chi connectivity index (χ0) is 19.6. The van der Waals surface area contributed by atoms with Gasteiger partial charge in [-0.1, -0.05) is 29.8 Å². The lowest BCUT2D eigenvalue weighted by Gasteiger charge is -2.32. The molecule has 3 unspecified atom stereocenters. The van der Waals surface area contributed by atoms with E-state index in [4.69, 9.17) is 16.3 Å². The zero-order valence-corrected chi connectivity index (χ0v) is 15.8. The molecule has 1 saturated heterocycles. The summed E-state index contributed by atoms with van der Waals surface area (Å²) in [5.41, 5.74) is 0.0949. The number of nitrogens with one attached hydrogen (secondary N) is 3. The maximum Gasteiger partial charge on any atom is 0.246 e. The summed E-state index contributed by atoms with van der Waals surface area (Å²) < 4.78 is 33.7. The molecule has 3 atom stereocenters. The molecular formula is C17H18ClN3O5S. The summed E-state index contributed by atoms with van der Waals surface area (Å²) >= 11 is 6.00. The minimum absolute atomic E-state index is 0.0949. The molecule has 1 aliphatic heterocycles. The van der Waals surface area contributed by atoms with Crippen molar-refractivity contribution in [3.63, 3.8) is 0 Å². The molecule has 0 saturated carbocycles. The summed E-state index contributed by atoms with van der Waals surface area (Å²) in [6.07, 6.45) is -1.30. The molecule has 4 N–H and O–H groups in total. The van der Waals surface area contributed by atoms with Gasteiger partial charge in [-0.25, -0.2) is 8.42 Å². The number of hydrogen-bond acceptors (Lipinski definition) is 6. The van der Waals surface area contributed by atoms with Gasteiger partial charge in [-0.05, 0) is 37.3 Å². The van der Waals surface area contributed by atoms with E-state index in [9.17, 15) is 18.3 Å². The molecule has 144 valence electrons. The van der Waals surface area contributed by atoms with Crippen LogP contribution in [0.5, 0.6) is 11.5 Å². The monoisotopic (exact) mass is 411 g/mol. The summed E-state index contributed by atoms with van der Waals surface area (Å²) in [6, 6.07) is 12.5. The fourth-order valence-electron chi connectivity index (χ4n) is 2.73. The highest BCUT2D eigenvalue weighted by molar-refractivity contribution is 7.94. The molecule has 0 aliphatic carbocycles. The number of ether oxygens (including phenoxy) is 1. The number of halogens is 1. The Balaban J connectivity index is 1.90. The quantitative estimate of drug-likeness (QED) is 0.594. The highest BCUT2D eigenvalue weighted by Gasteiger charge is 2.42.